The molecule has 0 saturated carbocycles. The van der Waals surface area contributed by atoms with Crippen molar-refractivity contribution in [3.05, 3.63) is 186 Å². The molecule has 0 amide bonds. The number of imidazole rings is 1. The van der Waals surface area contributed by atoms with Crippen LogP contribution in [0, 0.1) is 25.0 Å². The molecule has 5 nitrogen and oxygen atoms in total. The predicted molar refractivity (Wildman–Crippen MR) is 293 cm³/mol. The molecule has 357 valence electrons. The first kappa shape index (κ1) is 50.5. The van der Waals surface area contributed by atoms with E-state index in [1.54, 1.807) is 4.40 Å². The van der Waals surface area contributed by atoms with E-state index in [-0.39, 0.29) is 30.9 Å². The van der Waals surface area contributed by atoms with Gasteiger partial charge in [0.1, 0.15) is 0 Å². The van der Waals surface area contributed by atoms with Gasteiger partial charge in [-0.15, -0.1) is 17.7 Å². The molecular weight excluding hydrogens is 1090 g/mol. The van der Waals surface area contributed by atoms with E-state index in [0.717, 1.165) is 95.7 Å². The van der Waals surface area contributed by atoms with Gasteiger partial charge in [-0.25, -0.2) is 4.98 Å². The molecule has 0 fully saturated rings. The molecule has 0 atom stereocenters. The van der Waals surface area contributed by atoms with Crippen LogP contribution < -0.4 is 4.40 Å². The molecule has 6 aromatic carbocycles. The molecule has 4 heterocycles. The molecule has 4 aromatic heterocycles. The Morgan fingerprint density at radius 1 is 0.700 bits per heavy atom. The molecule has 0 aliphatic heterocycles. The molecule has 10 rings (SSSR count). The van der Waals surface area contributed by atoms with Gasteiger partial charge in [0.05, 0.1) is 28.1 Å². The number of rotatable bonds is 8. The molecular formula is C63H64GeIrN4O-2. The van der Waals surface area contributed by atoms with Crippen molar-refractivity contribution in [2.24, 2.45) is 5.92 Å². The first-order valence-electron chi connectivity index (χ1n) is 24.4. The third kappa shape index (κ3) is 10.3. The Kier molecular flexibility index (Phi) is 14.5. The van der Waals surface area contributed by atoms with Crippen molar-refractivity contribution in [1.29, 1.82) is 0 Å². The van der Waals surface area contributed by atoms with Crippen LogP contribution >= 0.6 is 0 Å². The number of furan rings is 1. The van der Waals surface area contributed by atoms with E-state index in [9.17, 15) is 0 Å². The van der Waals surface area contributed by atoms with Crippen LogP contribution in [0.1, 0.15) is 77.8 Å². The molecule has 7 heteroatoms. The van der Waals surface area contributed by atoms with E-state index >= 15 is 0 Å². The monoisotopic (exact) mass is 1160 g/mol. The number of fused-ring (bicyclic) bond motifs is 4. The summed E-state index contributed by atoms with van der Waals surface area (Å²) in [5.41, 5.74) is 16.6. The third-order valence-corrected chi connectivity index (χ3v) is 17.3. The van der Waals surface area contributed by atoms with Crippen LogP contribution in [0.3, 0.4) is 0 Å². The topological polar surface area (TPSA) is 56.7 Å². The Morgan fingerprint density at radius 2 is 1.33 bits per heavy atom. The largest absolute Gasteiger partial charge is 0.486 e. The van der Waals surface area contributed by atoms with Gasteiger partial charge in [-0.3, -0.25) is 4.98 Å². The summed E-state index contributed by atoms with van der Waals surface area (Å²) >= 11 is -1.86. The van der Waals surface area contributed by atoms with Crippen LogP contribution in [0.2, 0.25) is 17.3 Å². The van der Waals surface area contributed by atoms with Gasteiger partial charge < -0.3 is 8.98 Å². The molecule has 0 bridgehead atoms. The van der Waals surface area contributed by atoms with Crippen molar-refractivity contribution in [2.45, 2.75) is 96.8 Å². The summed E-state index contributed by atoms with van der Waals surface area (Å²) in [5.74, 6) is 8.77. The predicted octanol–water partition coefficient (Wildman–Crippen LogP) is 16.3. The average Bonchev–Trinajstić information content (AvgIpc) is 3.90. The molecule has 1 radical (unpaired) electrons. The molecule has 0 spiro atoms. The maximum Gasteiger partial charge on any atom is 0.216 e. The standard InChI is InChI=1S/C45H40N3O.C18H24GeN.Ir/c1-28-22-23-33(41-39(28)32-24-25-38(45(5,6)7)47-43(32)49-41)42-46-36-20-14-15-21-37(36)48(42)40-34(29-16-10-8-11-17-29)26-31(44(2,3)4)27-35(40)30-18-12-9-13-19-30;1-14(2)11-16-12-18(15-9-7-6-8-10-15)20-13-17(16)19(3,4)5;/h8-22,24-27H,1-7H3;6-9,12-14H,11H2,1-5H3;/q2*-1;. The summed E-state index contributed by atoms with van der Waals surface area (Å²) in [4.78, 5) is 15.1. The maximum absolute atomic E-state index is 6.74. The minimum Gasteiger partial charge on any atom is -0.486 e. The van der Waals surface area contributed by atoms with Crippen molar-refractivity contribution < 1.29 is 24.5 Å². The fraction of sp³-hybridized carbons (Fsp3) is 0.254. The molecule has 0 aliphatic carbocycles. The Balaban J connectivity index is 0.000000264. The van der Waals surface area contributed by atoms with Crippen LogP contribution in [-0.4, -0.2) is 32.8 Å². The Hall–Kier alpha value is -5.92. The summed E-state index contributed by atoms with van der Waals surface area (Å²) in [6.07, 6.45) is 3.27. The van der Waals surface area contributed by atoms with Crippen LogP contribution in [-0.2, 0) is 37.4 Å². The van der Waals surface area contributed by atoms with Gasteiger partial charge in [-0.2, -0.15) is 0 Å². The number of hydrogen-bond donors (Lipinski definition) is 0. The molecule has 0 unspecified atom stereocenters. The Labute approximate surface area is 431 Å². The van der Waals surface area contributed by atoms with Gasteiger partial charge in [0, 0.05) is 47.7 Å². The molecule has 70 heavy (non-hydrogen) atoms. The smallest absolute Gasteiger partial charge is 0.216 e. The zero-order chi connectivity index (χ0) is 48.8. The minimum absolute atomic E-state index is 0. The van der Waals surface area contributed by atoms with Gasteiger partial charge in [0.15, 0.2) is 0 Å². The van der Waals surface area contributed by atoms with Gasteiger partial charge >= 0.3 is 126 Å². The first-order chi connectivity index (χ1) is 32.9. The molecule has 0 N–H and O–H groups in total. The molecule has 0 saturated heterocycles. The summed E-state index contributed by atoms with van der Waals surface area (Å²) in [6, 6.07) is 58.1. The summed E-state index contributed by atoms with van der Waals surface area (Å²) < 4.78 is 10.6. The van der Waals surface area contributed by atoms with E-state index in [0.29, 0.717) is 11.6 Å². The Bertz CT molecular complexity index is 3380. The molecule has 0 aliphatic rings. The second kappa shape index (κ2) is 20.1. The Morgan fingerprint density at radius 3 is 1.91 bits per heavy atom. The van der Waals surface area contributed by atoms with E-state index in [4.69, 9.17) is 19.4 Å². The average molecular weight is 1160 g/mol. The van der Waals surface area contributed by atoms with Gasteiger partial charge in [0.25, 0.3) is 0 Å². The number of para-hydroxylation sites is 2. The van der Waals surface area contributed by atoms with Crippen LogP contribution in [0.5, 0.6) is 0 Å². The van der Waals surface area contributed by atoms with Crippen LogP contribution in [0.25, 0.3) is 83.7 Å². The first-order valence-corrected chi connectivity index (χ1v) is 31.7. The normalized spacial score (nSPS) is 12.1. The fourth-order valence-corrected chi connectivity index (χ4v) is 12.7. The third-order valence-electron chi connectivity index (χ3n) is 12.9. The van der Waals surface area contributed by atoms with Crippen molar-refractivity contribution >= 4 is 50.8 Å². The maximum atomic E-state index is 6.74. The van der Waals surface area contributed by atoms with Crippen molar-refractivity contribution in [3.63, 3.8) is 0 Å². The number of aryl methyl sites for hydroxylation is 1. The number of nitrogens with zero attached hydrogens (tertiary/aromatic N) is 4. The van der Waals surface area contributed by atoms with E-state index in [2.05, 4.69) is 230 Å². The van der Waals surface area contributed by atoms with Crippen LogP contribution in [0.4, 0.5) is 0 Å². The van der Waals surface area contributed by atoms with E-state index < -0.39 is 13.3 Å². The number of aromatic nitrogens is 4. The van der Waals surface area contributed by atoms with Gasteiger partial charge in [-0.05, 0) is 58.5 Å². The van der Waals surface area contributed by atoms with Crippen molar-refractivity contribution in [2.75, 3.05) is 0 Å². The quantitative estimate of drug-likeness (QED) is 0.112. The van der Waals surface area contributed by atoms with E-state index in [1.165, 1.54) is 11.1 Å². The molecule has 10 aromatic rings. The van der Waals surface area contributed by atoms with Crippen LogP contribution in [0.15, 0.2) is 156 Å². The number of benzene rings is 6. The second-order valence-electron chi connectivity index (χ2n) is 22.0. The van der Waals surface area contributed by atoms with Crippen molar-refractivity contribution in [3.8, 4) is 50.6 Å². The summed E-state index contributed by atoms with van der Waals surface area (Å²) in [7, 11) is 0. The fourth-order valence-electron chi connectivity index (χ4n) is 9.33. The van der Waals surface area contributed by atoms with Gasteiger partial charge in [-0.1, -0.05) is 132 Å². The number of hydrogen-bond acceptors (Lipinski definition) is 4. The minimum atomic E-state index is -1.86. The zero-order valence-corrected chi connectivity index (χ0v) is 47.2. The number of pyridine rings is 2. The van der Waals surface area contributed by atoms with Crippen molar-refractivity contribution in [1.82, 2.24) is 19.5 Å². The summed E-state index contributed by atoms with van der Waals surface area (Å²) in [5, 5.41) is 2.05. The second-order valence-corrected chi connectivity index (χ2v) is 32.5. The summed E-state index contributed by atoms with van der Waals surface area (Å²) in [6.45, 7) is 20.1. The SMILES string of the molecule is CC(C)Cc1cc(-c2[c-]cccc2)nc[c]1[Ge]([CH3])([CH3])[CH3].Cc1c[c-]c(-c2nc3ccccc3n2-c2c(-c3ccccc3)cc(C(C)(C)C)cc2-c2ccccc2)c2oc3nc(C(C)(C)C)ccc3c12.[Ir]. The van der Waals surface area contributed by atoms with Gasteiger partial charge in [0.2, 0.25) is 5.71 Å². The van der Waals surface area contributed by atoms with E-state index in [1.807, 2.05) is 18.2 Å². The zero-order valence-electron chi connectivity index (χ0n) is 42.7.